The van der Waals surface area contributed by atoms with Crippen LogP contribution in [-0.2, 0) is 19.3 Å². The Morgan fingerprint density at radius 1 is 1.16 bits per heavy atom. The van der Waals surface area contributed by atoms with Crippen LogP contribution in [0.2, 0.25) is 5.02 Å². The molecule has 1 N–H and O–H groups in total. The maximum absolute atomic E-state index is 14.5. The summed E-state index contributed by atoms with van der Waals surface area (Å²) in [5, 5.41) is 2.60. The standard InChI is InChI=1S/C21H16ClF4N3O3/c22-15-4-3-13(9-14(15)21(24,25)26)32-17-5-2-12(8-16(17)23)11-31-19-10-18-27-6-1-7-29(18)20(30)28-19/h2-5,8-10,27H,1,6-7,11H2. The monoisotopic (exact) mass is 469 g/mol. The van der Waals surface area contributed by atoms with Crippen LogP contribution < -0.4 is 20.5 Å². The second-order valence-corrected chi connectivity index (χ2v) is 7.40. The van der Waals surface area contributed by atoms with E-state index in [0.29, 0.717) is 24.0 Å². The average molecular weight is 470 g/mol. The third-order valence-electron chi connectivity index (χ3n) is 4.71. The number of nitrogens with zero attached hydrogens (tertiary/aromatic N) is 2. The molecular formula is C21H16ClF4N3O3. The quantitative estimate of drug-likeness (QED) is 0.518. The Labute approximate surface area is 184 Å². The van der Waals surface area contributed by atoms with Gasteiger partial charge in [0.25, 0.3) is 0 Å². The summed E-state index contributed by atoms with van der Waals surface area (Å²) in [6.07, 6.45) is -3.85. The molecule has 168 valence electrons. The van der Waals surface area contributed by atoms with Crippen LogP contribution in [0.5, 0.6) is 17.4 Å². The molecule has 1 aromatic heterocycles. The lowest BCUT2D eigenvalue weighted by Crippen LogP contribution is -2.30. The second kappa shape index (κ2) is 8.70. The van der Waals surface area contributed by atoms with Gasteiger partial charge in [0.05, 0.1) is 10.6 Å². The van der Waals surface area contributed by atoms with Crippen molar-refractivity contribution in [1.82, 2.24) is 9.55 Å². The third kappa shape index (κ3) is 4.80. The molecule has 0 saturated carbocycles. The molecular weight excluding hydrogens is 454 g/mol. The minimum atomic E-state index is -4.67. The number of ether oxygens (including phenoxy) is 2. The Bertz CT molecular complexity index is 1210. The van der Waals surface area contributed by atoms with Gasteiger partial charge in [-0.15, -0.1) is 0 Å². The molecule has 0 fully saturated rings. The van der Waals surface area contributed by atoms with Crippen LogP contribution in [0.4, 0.5) is 23.4 Å². The molecule has 0 unspecified atom stereocenters. The van der Waals surface area contributed by atoms with Crippen molar-refractivity contribution in [2.45, 2.75) is 25.7 Å². The summed E-state index contributed by atoms with van der Waals surface area (Å²) in [5.41, 5.74) is -1.11. The van der Waals surface area contributed by atoms with Gasteiger partial charge in [-0.3, -0.25) is 4.57 Å². The Morgan fingerprint density at radius 3 is 2.72 bits per heavy atom. The minimum absolute atomic E-state index is 0.0771. The van der Waals surface area contributed by atoms with E-state index < -0.39 is 28.3 Å². The highest BCUT2D eigenvalue weighted by atomic mass is 35.5. The van der Waals surface area contributed by atoms with E-state index in [0.717, 1.165) is 25.1 Å². The molecule has 0 saturated heterocycles. The highest BCUT2D eigenvalue weighted by molar-refractivity contribution is 6.31. The summed E-state index contributed by atoms with van der Waals surface area (Å²) in [7, 11) is 0. The Balaban J connectivity index is 1.46. The first-order valence-electron chi connectivity index (χ1n) is 9.52. The molecule has 1 aliphatic heterocycles. The summed E-state index contributed by atoms with van der Waals surface area (Å²) >= 11 is 5.58. The molecule has 0 bridgehead atoms. The minimum Gasteiger partial charge on any atom is -0.473 e. The van der Waals surface area contributed by atoms with E-state index in [1.165, 1.54) is 22.8 Å². The van der Waals surface area contributed by atoms with E-state index in [9.17, 15) is 22.4 Å². The molecule has 32 heavy (non-hydrogen) atoms. The van der Waals surface area contributed by atoms with E-state index in [1.807, 2.05) is 0 Å². The van der Waals surface area contributed by atoms with E-state index in [1.54, 1.807) is 6.07 Å². The number of fused-ring (bicyclic) bond motifs is 1. The fourth-order valence-electron chi connectivity index (χ4n) is 3.16. The molecule has 0 atom stereocenters. The Kier molecular flexibility index (Phi) is 5.96. The van der Waals surface area contributed by atoms with Gasteiger partial charge in [-0.05, 0) is 42.3 Å². The van der Waals surface area contributed by atoms with Gasteiger partial charge in [0.2, 0.25) is 5.88 Å². The fourth-order valence-corrected chi connectivity index (χ4v) is 3.39. The van der Waals surface area contributed by atoms with Crippen molar-refractivity contribution in [3.63, 3.8) is 0 Å². The van der Waals surface area contributed by atoms with Crippen LogP contribution in [0.3, 0.4) is 0 Å². The number of hydrogen-bond acceptors (Lipinski definition) is 5. The van der Waals surface area contributed by atoms with E-state index >= 15 is 0 Å². The second-order valence-electron chi connectivity index (χ2n) is 6.99. The Morgan fingerprint density at radius 2 is 1.97 bits per heavy atom. The van der Waals surface area contributed by atoms with Crippen molar-refractivity contribution < 1.29 is 27.0 Å². The molecule has 1 aliphatic rings. The lowest BCUT2D eigenvalue weighted by molar-refractivity contribution is -0.137. The van der Waals surface area contributed by atoms with Crippen molar-refractivity contribution in [2.75, 3.05) is 11.9 Å². The zero-order chi connectivity index (χ0) is 22.9. The average Bonchev–Trinajstić information content (AvgIpc) is 2.74. The highest BCUT2D eigenvalue weighted by Gasteiger charge is 2.33. The smallest absolute Gasteiger partial charge is 0.417 e. The maximum atomic E-state index is 14.5. The lowest BCUT2D eigenvalue weighted by Gasteiger charge is -2.19. The van der Waals surface area contributed by atoms with E-state index in [-0.39, 0.29) is 24.0 Å². The van der Waals surface area contributed by atoms with Gasteiger partial charge in [-0.2, -0.15) is 18.2 Å². The normalized spacial score (nSPS) is 13.3. The summed E-state index contributed by atoms with van der Waals surface area (Å²) in [6, 6.07) is 8.42. The largest absolute Gasteiger partial charge is 0.473 e. The molecule has 0 radical (unpaired) electrons. The zero-order valence-electron chi connectivity index (χ0n) is 16.4. The van der Waals surface area contributed by atoms with Gasteiger partial charge in [-0.25, -0.2) is 9.18 Å². The number of benzene rings is 2. The first-order valence-corrected chi connectivity index (χ1v) is 9.90. The highest BCUT2D eigenvalue weighted by Crippen LogP contribution is 2.38. The van der Waals surface area contributed by atoms with Crippen LogP contribution in [-0.4, -0.2) is 16.1 Å². The molecule has 6 nitrogen and oxygen atoms in total. The van der Waals surface area contributed by atoms with Gasteiger partial charge in [0.1, 0.15) is 18.2 Å². The number of halogens is 5. The summed E-state index contributed by atoms with van der Waals surface area (Å²) in [6.45, 7) is 1.22. The summed E-state index contributed by atoms with van der Waals surface area (Å²) in [5.74, 6) is -0.580. The third-order valence-corrected chi connectivity index (χ3v) is 5.04. The van der Waals surface area contributed by atoms with Gasteiger partial charge in [0, 0.05) is 19.2 Å². The van der Waals surface area contributed by atoms with E-state index in [2.05, 4.69) is 10.3 Å². The zero-order valence-corrected chi connectivity index (χ0v) is 17.1. The number of hydrogen-bond donors (Lipinski definition) is 1. The number of nitrogens with one attached hydrogen (secondary N) is 1. The predicted octanol–water partition coefficient (Wildman–Crippen LogP) is 5.24. The van der Waals surface area contributed by atoms with Crippen molar-refractivity contribution >= 4 is 17.4 Å². The molecule has 0 amide bonds. The van der Waals surface area contributed by atoms with E-state index in [4.69, 9.17) is 21.1 Å². The molecule has 0 spiro atoms. The van der Waals surface area contributed by atoms with Crippen molar-refractivity contribution in [1.29, 1.82) is 0 Å². The van der Waals surface area contributed by atoms with Crippen LogP contribution >= 0.6 is 11.6 Å². The predicted molar refractivity (Wildman–Crippen MR) is 109 cm³/mol. The summed E-state index contributed by atoms with van der Waals surface area (Å²) in [4.78, 5) is 15.9. The first-order chi connectivity index (χ1) is 15.2. The maximum Gasteiger partial charge on any atom is 0.417 e. The number of anilines is 1. The number of rotatable bonds is 5. The molecule has 0 aliphatic carbocycles. The number of alkyl halides is 3. The summed E-state index contributed by atoms with van der Waals surface area (Å²) < 4.78 is 65.7. The van der Waals surface area contributed by atoms with Crippen molar-refractivity contribution in [2.24, 2.45) is 0 Å². The van der Waals surface area contributed by atoms with Crippen LogP contribution in [0, 0.1) is 5.82 Å². The molecule has 4 rings (SSSR count). The van der Waals surface area contributed by atoms with Crippen molar-refractivity contribution in [3.05, 3.63) is 74.9 Å². The van der Waals surface area contributed by atoms with Crippen LogP contribution in [0.1, 0.15) is 17.5 Å². The fraction of sp³-hybridized carbons (Fsp3) is 0.238. The first kappa shape index (κ1) is 21.9. The molecule has 3 aromatic rings. The van der Waals surface area contributed by atoms with Gasteiger partial charge in [-0.1, -0.05) is 17.7 Å². The molecule has 11 heteroatoms. The number of aromatic nitrogens is 2. The topological polar surface area (TPSA) is 65.4 Å². The molecule has 2 aromatic carbocycles. The SMILES string of the molecule is O=c1nc(OCc2ccc(Oc3ccc(Cl)c(C(F)(F)F)c3)c(F)c2)cc2n1CCCN2. The van der Waals surface area contributed by atoms with Crippen molar-refractivity contribution in [3.8, 4) is 17.4 Å². The van der Waals surface area contributed by atoms with Gasteiger partial charge >= 0.3 is 11.9 Å². The van der Waals surface area contributed by atoms with Crippen LogP contribution in [0.15, 0.2) is 47.3 Å². The van der Waals surface area contributed by atoms with Gasteiger partial charge < -0.3 is 14.8 Å². The lowest BCUT2D eigenvalue weighted by atomic mass is 10.2. The Hall–Kier alpha value is -3.27. The van der Waals surface area contributed by atoms with Gasteiger partial charge in [0.15, 0.2) is 11.6 Å². The molecule has 2 heterocycles. The van der Waals surface area contributed by atoms with Crippen LogP contribution in [0.25, 0.3) is 0 Å².